The maximum Gasteiger partial charge on any atom is 0.136 e. The van der Waals surface area contributed by atoms with Gasteiger partial charge in [0, 0.05) is 14.2 Å². The second kappa shape index (κ2) is 7.15. The number of hydrogen-bond donors (Lipinski definition) is 1. The Hall–Kier alpha value is 0.487. The summed E-state index contributed by atoms with van der Waals surface area (Å²) in [5.74, 6) is -0.0120. The molecule has 0 saturated heterocycles. The average molecular weight is 192 g/mol. The Bertz CT molecular complexity index is 86.5. The molecule has 66 valence electrons. The zero-order valence-electron chi connectivity index (χ0n) is 7.33. The highest BCUT2D eigenvalue weighted by atomic mass is 32.1. The molecule has 0 aromatic carbocycles. The Kier molecular flexibility index (Phi) is 7.47. The first-order valence-electron chi connectivity index (χ1n) is 3.67. The van der Waals surface area contributed by atoms with Crippen molar-refractivity contribution < 1.29 is 9.47 Å². The van der Waals surface area contributed by atoms with E-state index in [9.17, 15) is 0 Å². The molecular formula is C7H16O2SSi. The van der Waals surface area contributed by atoms with Gasteiger partial charge in [-0.2, -0.15) is 12.6 Å². The molecule has 0 aliphatic carbocycles. The second-order valence-corrected chi connectivity index (χ2v) is 4.66. The Morgan fingerprint density at radius 2 is 1.91 bits per heavy atom. The average Bonchev–Trinajstić information content (AvgIpc) is 1.98. The minimum Gasteiger partial charge on any atom is -0.360 e. The van der Waals surface area contributed by atoms with Crippen LogP contribution in [0.1, 0.15) is 13.3 Å². The van der Waals surface area contributed by atoms with Crippen molar-refractivity contribution in [1.29, 1.82) is 0 Å². The van der Waals surface area contributed by atoms with E-state index >= 15 is 0 Å². The van der Waals surface area contributed by atoms with Gasteiger partial charge in [-0.05, 0) is 11.7 Å². The Morgan fingerprint density at radius 1 is 1.36 bits per heavy atom. The zero-order valence-corrected chi connectivity index (χ0v) is 9.23. The fourth-order valence-electron chi connectivity index (χ4n) is 0.673. The summed E-state index contributed by atoms with van der Waals surface area (Å²) in [5.41, 5.74) is 0. The van der Waals surface area contributed by atoms with Crippen LogP contribution in [0.3, 0.4) is 0 Å². The number of rotatable bonds is 6. The summed E-state index contributed by atoms with van der Waals surface area (Å²) >= 11 is 4.28. The first kappa shape index (κ1) is 11.5. The van der Waals surface area contributed by atoms with Crippen molar-refractivity contribution in [3.63, 3.8) is 0 Å². The highest BCUT2D eigenvalue weighted by Gasteiger charge is 2.06. The van der Waals surface area contributed by atoms with Gasteiger partial charge in [0.1, 0.15) is 15.4 Å². The summed E-state index contributed by atoms with van der Waals surface area (Å²) < 4.78 is 10.1. The molecule has 2 radical (unpaired) electrons. The molecule has 0 aliphatic rings. The first-order chi connectivity index (χ1) is 5.20. The summed E-state index contributed by atoms with van der Waals surface area (Å²) in [4.78, 5) is 0. The first-order valence-corrected chi connectivity index (χ1v) is 5.47. The van der Waals surface area contributed by atoms with Crippen LogP contribution in [0.15, 0.2) is 0 Å². The Morgan fingerprint density at radius 3 is 2.27 bits per heavy atom. The fourth-order valence-corrected chi connectivity index (χ4v) is 2.21. The van der Waals surface area contributed by atoms with Crippen LogP contribution in [-0.2, 0) is 9.47 Å². The molecule has 2 nitrogen and oxygen atoms in total. The predicted octanol–water partition coefficient (Wildman–Crippen LogP) is 1.39. The number of methoxy groups -OCH3 is 2. The topological polar surface area (TPSA) is 18.5 Å². The SMILES string of the molecule is COC(OC)[Si]CCC(C)S. The lowest BCUT2D eigenvalue weighted by Gasteiger charge is -2.12. The molecule has 0 fully saturated rings. The van der Waals surface area contributed by atoms with E-state index in [1.807, 2.05) is 0 Å². The van der Waals surface area contributed by atoms with Crippen molar-refractivity contribution in [2.45, 2.75) is 30.6 Å². The summed E-state index contributed by atoms with van der Waals surface area (Å²) in [6.07, 6.45) is 1.13. The largest absolute Gasteiger partial charge is 0.360 e. The van der Waals surface area contributed by atoms with Crippen molar-refractivity contribution in [2.75, 3.05) is 14.2 Å². The molecule has 0 amide bonds. The van der Waals surface area contributed by atoms with Gasteiger partial charge in [-0.3, -0.25) is 0 Å². The van der Waals surface area contributed by atoms with Crippen molar-refractivity contribution >= 4 is 22.1 Å². The molecule has 0 aromatic heterocycles. The zero-order chi connectivity index (χ0) is 8.69. The van der Waals surface area contributed by atoms with Crippen LogP contribution < -0.4 is 0 Å². The van der Waals surface area contributed by atoms with Gasteiger partial charge in [0.15, 0.2) is 0 Å². The van der Waals surface area contributed by atoms with E-state index in [0.717, 1.165) is 22.0 Å². The molecule has 1 atom stereocenters. The molecule has 0 bridgehead atoms. The molecule has 0 heterocycles. The van der Waals surface area contributed by atoms with Crippen LogP contribution in [0.25, 0.3) is 0 Å². The number of hydrogen-bond acceptors (Lipinski definition) is 3. The van der Waals surface area contributed by atoms with Gasteiger partial charge in [0.05, 0.1) is 0 Å². The van der Waals surface area contributed by atoms with Crippen LogP contribution in [0.5, 0.6) is 0 Å². The van der Waals surface area contributed by atoms with E-state index in [1.54, 1.807) is 14.2 Å². The molecule has 0 N–H and O–H groups in total. The van der Waals surface area contributed by atoms with Gasteiger partial charge in [0.2, 0.25) is 0 Å². The Balaban J connectivity index is 3.21. The smallest absolute Gasteiger partial charge is 0.136 e. The van der Waals surface area contributed by atoms with E-state index in [-0.39, 0.29) is 5.91 Å². The van der Waals surface area contributed by atoms with E-state index in [4.69, 9.17) is 9.47 Å². The molecule has 11 heavy (non-hydrogen) atoms. The van der Waals surface area contributed by atoms with Gasteiger partial charge in [0.25, 0.3) is 0 Å². The van der Waals surface area contributed by atoms with Crippen LogP contribution in [0.4, 0.5) is 0 Å². The van der Waals surface area contributed by atoms with Crippen molar-refractivity contribution in [3.8, 4) is 0 Å². The Labute approximate surface area is 76.9 Å². The lowest BCUT2D eigenvalue weighted by atomic mass is 10.4. The third-order valence-corrected chi connectivity index (χ3v) is 2.94. The fraction of sp³-hybridized carbons (Fsp3) is 1.00. The van der Waals surface area contributed by atoms with E-state index in [2.05, 4.69) is 19.6 Å². The standard InChI is InChI=1S/C7H16O2SSi/c1-6(10)4-5-11-7(8-2)9-3/h6-7,10H,4-5H2,1-3H3. The monoisotopic (exact) mass is 192 g/mol. The maximum absolute atomic E-state index is 5.05. The molecule has 0 spiro atoms. The quantitative estimate of drug-likeness (QED) is 0.389. The lowest BCUT2D eigenvalue weighted by Crippen LogP contribution is -2.21. The predicted molar refractivity (Wildman–Crippen MR) is 51.4 cm³/mol. The minimum atomic E-state index is -0.0120. The molecule has 0 aromatic rings. The van der Waals surface area contributed by atoms with E-state index in [1.165, 1.54) is 0 Å². The van der Waals surface area contributed by atoms with Gasteiger partial charge in [-0.1, -0.05) is 13.0 Å². The molecule has 0 rings (SSSR count). The maximum atomic E-state index is 5.05. The van der Waals surface area contributed by atoms with Crippen molar-refractivity contribution in [2.24, 2.45) is 0 Å². The van der Waals surface area contributed by atoms with Crippen molar-refractivity contribution in [3.05, 3.63) is 0 Å². The lowest BCUT2D eigenvalue weighted by molar-refractivity contribution is -0.0441. The number of ether oxygens (including phenoxy) is 2. The molecular weight excluding hydrogens is 176 g/mol. The second-order valence-electron chi connectivity index (χ2n) is 2.40. The molecule has 4 heteroatoms. The summed E-state index contributed by atoms with van der Waals surface area (Å²) in [5, 5.41) is 0.483. The van der Waals surface area contributed by atoms with E-state index < -0.39 is 0 Å². The van der Waals surface area contributed by atoms with Gasteiger partial charge in [-0.25, -0.2) is 0 Å². The van der Waals surface area contributed by atoms with Gasteiger partial charge < -0.3 is 9.47 Å². The highest BCUT2D eigenvalue weighted by molar-refractivity contribution is 7.80. The summed E-state index contributed by atoms with van der Waals surface area (Å²) in [6, 6.07) is 1.14. The van der Waals surface area contributed by atoms with Crippen LogP contribution in [-0.4, -0.2) is 34.9 Å². The van der Waals surface area contributed by atoms with Crippen LogP contribution >= 0.6 is 12.6 Å². The third-order valence-electron chi connectivity index (χ3n) is 1.30. The van der Waals surface area contributed by atoms with Gasteiger partial charge >= 0.3 is 0 Å². The van der Waals surface area contributed by atoms with E-state index in [0.29, 0.717) is 5.25 Å². The van der Waals surface area contributed by atoms with Crippen LogP contribution in [0.2, 0.25) is 6.04 Å². The van der Waals surface area contributed by atoms with Crippen molar-refractivity contribution in [1.82, 2.24) is 0 Å². The molecule has 0 saturated carbocycles. The van der Waals surface area contributed by atoms with Crippen LogP contribution in [0, 0.1) is 0 Å². The normalized spacial score (nSPS) is 13.9. The third kappa shape index (κ3) is 6.87. The summed E-state index contributed by atoms with van der Waals surface area (Å²) in [7, 11) is 4.07. The molecule has 1 unspecified atom stereocenters. The summed E-state index contributed by atoms with van der Waals surface area (Å²) in [6.45, 7) is 2.10. The highest BCUT2D eigenvalue weighted by Crippen LogP contribution is 2.04. The van der Waals surface area contributed by atoms with Gasteiger partial charge in [-0.15, -0.1) is 0 Å². The minimum absolute atomic E-state index is 0.0120. The number of thiol groups is 1. The molecule has 0 aliphatic heterocycles.